The lowest BCUT2D eigenvalue weighted by Crippen LogP contribution is -2.38. The van der Waals surface area contributed by atoms with Crippen LogP contribution in [-0.2, 0) is 9.59 Å². The van der Waals surface area contributed by atoms with Gasteiger partial charge in [0.25, 0.3) is 0 Å². The fourth-order valence-corrected chi connectivity index (χ4v) is 5.21. The number of halogens is 1. The lowest BCUT2D eigenvalue weighted by atomic mass is 9.81. The zero-order valence-corrected chi connectivity index (χ0v) is 16.0. The van der Waals surface area contributed by atoms with Gasteiger partial charge < -0.3 is 10.2 Å². The van der Waals surface area contributed by atoms with E-state index < -0.39 is 0 Å². The van der Waals surface area contributed by atoms with E-state index in [9.17, 15) is 9.59 Å². The van der Waals surface area contributed by atoms with Gasteiger partial charge in [0.1, 0.15) is 0 Å². The maximum atomic E-state index is 13.0. The summed E-state index contributed by atoms with van der Waals surface area (Å²) in [6.07, 6.45) is 7.23. The molecule has 1 aromatic heterocycles. The van der Waals surface area contributed by atoms with E-state index in [1.54, 1.807) is 11.3 Å². The summed E-state index contributed by atoms with van der Waals surface area (Å²) in [6, 6.07) is 4.18. The number of rotatable bonds is 5. The van der Waals surface area contributed by atoms with E-state index >= 15 is 0 Å². The van der Waals surface area contributed by atoms with Gasteiger partial charge in [0.15, 0.2) is 0 Å². The van der Waals surface area contributed by atoms with Crippen molar-refractivity contribution in [2.75, 3.05) is 13.1 Å². The van der Waals surface area contributed by atoms with Gasteiger partial charge in [-0.25, -0.2) is 0 Å². The Morgan fingerprint density at radius 1 is 1.28 bits per heavy atom. The molecule has 2 fully saturated rings. The highest BCUT2D eigenvalue weighted by Gasteiger charge is 2.36. The lowest BCUT2D eigenvalue weighted by Gasteiger charge is -2.33. The Kier molecular flexibility index (Phi) is 6.18. The van der Waals surface area contributed by atoms with E-state index in [1.807, 2.05) is 6.07 Å². The highest BCUT2D eigenvalue weighted by molar-refractivity contribution is 7.16. The lowest BCUT2D eigenvalue weighted by molar-refractivity contribution is -0.137. The highest BCUT2D eigenvalue weighted by atomic mass is 35.5. The van der Waals surface area contributed by atoms with Crippen LogP contribution in [0.4, 0.5) is 0 Å². The molecule has 1 aliphatic carbocycles. The summed E-state index contributed by atoms with van der Waals surface area (Å²) in [7, 11) is 0. The number of likely N-dealkylation sites (tertiary alicyclic amines) is 1. The molecule has 2 aliphatic rings. The molecule has 1 saturated carbocycles. The number of hydrogen-bond donors (Lipinski definition) is 1. The SMILES string of the molecule is C=CC(=O)NCC1CCC(C(=O)N2CCCC2c2ccc(Cl)s2)CC1. The molecule has 0 spiro atoms. The molecule has 1 saturated heterocycles. The third-order valence-electron chi connectivity index (χ3n) is 5.40. The molecule has 1 aromatic rings. The highest BCUT2D eigenvalue weighted by Crippen LogP contribution is 2.39. The molecule has 1 unspecified atom stereocenters. The maximum absolute atomic E-state index is 13.0. The summed E-state index contributed by atoms with van der Waals surface area (Å²) >= 11 is 7.66. The van der Waals surface area contributed by atoms with Crippen LogP contribution >= 0.6 is 22.9 Å². The Bertz CT molecular complexity index is 637. The molecule has 0 radical (unpaired) electrons. The first-order chi connectivity index (χ1) is 12.1. The second kappa shape index (κ2) is 8.37. The molecule has 2 heterocycles. The molecule has 0 aromatic carbocycles. The van der Waals surface area contributed by atoms with Gasteiger partial charge in [0.2, 0.25) is 11.8 Å². The van der Waals surface area contributed by atoms with Crippen molar-refractivity contribution in [3.05, 3.63) is 34.0 Å². The predicted molar refractivity (Wildman–Crippen MR) is 102 cm³/mol. The van der Waals surface area contributed by atoms with E-state index in [4.69, 9.17) is 11.6 Å². The van der Waals surface area contributed by atoms with Crippen molar-refractivity contribution in [2.24, 2.45) is 11.8 Å². The van der Waals surface area contributed by atoms with Crippen LogP contribution in [0.25, 0.3) is 0 Å². The summed E-state index contributed by atoms with van der Waals surface area (Å²) in [6.45, 7) is 5.01. The minimum absolute atomic E-state index is 0.118. The minimum Gasteiger partial charge on any atom is -0.352 e. The Morgan fingerprint density at radius 3 is 2.68 bits per heavy atom. The first-order valence-electron chi connectivity index (χ1n) is 9.04. The smallest absolute Gasteiger partial charge is 0.243 e. The maximum Gasteiger partial charge on any atom is 0.243 e. The first-order valence-corrected chi connectivity index (χ1v) is 10.2. The Labute approximate surface area is 158 Å². The van der Waals surface area contributed by atoms with Gasteiger partial charge in [-0.3, -0.25) is 9.59 Å². The number of carbonyl (C=O) groups excluding carboxylic acids is 2. The van der Waals surface area contributed by atoms with Gasteiger partial charge in [-0.05, 0) is 62.7 Å². The molecule has 1 N–H and O–H groups in total. The van der Waals surface area contributed by atoms with E-state index in [1.165, 1.54) is 11.0 Å². The molecule has 25 heavy (non-hydrogen) atoms. The quantitative estimate of drug-likeness (QED) is 0.779. The second-order valence-electron chi connectivity index (χ2n) is 7.00. The predicted octanol–water partition coefficient (Wildman–Crippen LogP) is 4.17. The van der Waals surface area contributed by atoms with Crippen LogP contribution in [0.2, 0.25) is 4.34 Å². The first kappa shape index (κ1) is 18.5. The standard InChI is InChI=1S/C19H25ClN2O2S/c1-2-18(23)21-12-13-5-7-14(8-6-13)19(24)22-11-3-4-15(22)16-9-10-17(20)25-16/h2,9-10,13-15H,1,3-8,11-12H2,(H,21,23). The van der Waals surface area contributed by atoms with Crippen molar-refractivity contribution in [1.29, 1.82) is 0 Å². The monoisotopic (exact) mass is 380 g/mol. The molecule has 6 heteroatoms. The number of nitrogens with zero attached hydrogens (tertiary/aromatic N) is 1. The van der Waals surface area contributed by atoms with Crippen molar-refractivity contribution >= 4 is 34.8 Å². The second-order valence-corrected chi connectivity index (χ2v) is 8.75. The van der Waals surface area contributed by atoms with E-state index in [0.717, 1.165) is 49.4 Å². The van der Waals surface area contributed by atoms with Gasteiger partial charge >= 0.3 is 0 Å². The fraction of sp³-hybridized carbons (Fsp3) is 0.579. The Hall–Kier alpha value is -1.33. The van der Waals surface area contributed by atoms with Crippen LogP contribution in [0.3, 0.4) is 0 Å². The molecule has 1 aliphatic heterocycles. The van der Waals surface area contributed by atoms with Gasteiger partial charge in [-0.15, -0.1) is 11.3 Å². The molecule has 136 valence electrons. The summed E-state index contributed by atoms with van der Waals surface area (Å²) in [4.78, 5) is 27.6. The van der Waals surface area contributed by atoms with Crippen LogP contribution in [-0.4, -0.2) is 29.8 Å². The molecular formula is C19H25ClN2O2S. The normalized spacial score (nSPS) is 26.4. The number of hydrogen-bond acceptors (Lipinski definition) is 3. The van der Waals surface area contributed by atoms with Crippen molar-refractivity contribution < 1.29 is 9.59 Å². The molecule has 2 amide bonds. The summed E-state index contributed by atoms with van der Waals surface area (Å²) in [5, 5.41) is 2.87. The largest absolute Gasteiger partial charge is 0.352 e. The molecule has 0 bridgehead atoms. The van der Waals surface area contributed by atoms with Crippen LogP contribution in [0, 0.1) is 11.8 Å². The zero-order chi connectivity index (χ0) is 17.8. The average molecular weight is 381 g/mol. The number of nitrogens with one attached hydrogen (secondary N) is 1. The summed E-state index contributed by atoms with van der Waals surface area (Å²) in [5.41, 5.74) is 0. The van der Waals surface area contributed by atoms with Crippen LogP contribution in [0.15, 0.2) is 24.8 Å². The number of thiophene rings is 1. The topological polar surface area (TPSA) is 49.4 Å². The van der Waals surface area contributed by atoms with Crippen LogP contribution < -0.4 is 5.32 Å². The number of amides is 2. The third-order valence-corrected chi connectivity index (χ3v) is 6.74. The molecule has 4 nitrogen and oxygen atoms in total. The summed E-state index contributed by atoms with van der Waals surface area (Å²) < 4.78 is 0.788. The van der Waals surface area contributed by atoms with Gasteiger partial charge in [-0.1, -0.05) is 18.2 Å². The van der Waals surface area contributed by atoms with Crippen molar-refractivity contribution in [3.63, 3.8) is 0 Å². The van der Waals surface area contributed by atoms with Gasteiger partial charge in [-0.2, -0.15) is 0 Å². The number of carbonyl (C=O) groups is 2. The zero-order valence-electron chi connectivity index (χ0n) is 14.4. The van der Waals surface area contributed by atoms with Crippen molar-refractivity contribution in [3.8, 4) is 0 Å². The van der Waals surface area contributed by atoms with Gasteiger partial charge in [0.05, 0.1) is 10.4 Å². The molecule has 1 atom stereocenters. The van der Waals surface area contributed by atoms with Gasteiger partial charge in [0, 0.05) is 23.9 Å². The van der Waals surface area contributed by atoms with Crippen LogP contribution in [0.1, 0.15) is 49.4 Å². The molecule has 3 rings (SSSR count). The molecular weight excluding hydrogens is 356 g/mol. The summed E-state index contributed by atoms with van der Waals surface area (Å²) in [5.74, 6) is 0.786. The average Bonchev–Trinajstić information content (AvgIpc) is 3.28. The van der Waals surface area contributed by atoms with E-state index in [0.29, 0.717) is 18.4 Å². The third kappa shape index (κ3) is 4.45. The van der Waals surface area contributed by atoms with Crippen molar-refractivity contribution in [2.45, 2.75) is 44.6 Å². The van der Waals surface area contributed by atoms with Crippen molar-refractivity contribution in [1.82, 2.24) is 10.2 Å². The van der Waals surface area contributed by atoms with E-state index in [2.05, 4.69) is 22.9 Å². The minimum atomic E-state index is -0.118. The Balaban J connectivity index is 1.53. The van der Waals surface area contributed by atoms with Crippen LogP contribution in [0.5, 0.6) is 0 Å². The van der Waals surface area contributed by atoms with E-state index in [-0.39, 0.29) is 17.9 Å². The Morgan fingerprint density at radius 2 is 2.04 bits per heavy atom. The fourth-order valence-electron chi connectivity index (χ4n) is 4.00.